The van der Waals surface area contributed by atoms with Crippen LogP contribution >= 0.6 is 0 Å². The third kappa shape index (κ3) is 1.67. The molecule has 17 heavy (non-hydrogen) atoms. The topological polar surface area (TPSA) is 49.5 Å². The van der Waals surface area contributed by atoms with Crippen LogP contribution in [-0.4, -0.2) is 23.3 Å². The number of benzene rings is 1. The van der Waals surface area contributed by atoms with Crippen LogP contribution in [0.25, 0.3) is 0 Å². The average molecular weight is 236 g/mol. The van der Waals surface area contributed by atoms with E-state index in [1.54, 1.807) is 12.1 Å². The van der Waals surface area contributed by atoms with Crippen LogP contribution in [0.5, 0.6) is 0 Å². The van der Waals surface area contributed by atoms with Crippen molar-refractivity contribution in [2.45, 2.75) is 43.9 Å². The highest BCUT2D eigenvalue weighted by atomic mass is 19.1. The molecular formula is C13H17FN2O. The number of rotatable bonds is 1. The lowest BCUT2D eigenvalue weighted by molar-refractivity contribution is 0.126. The molecule has 2 aliphatic rings. The zero-order valence-electron chi connectivity index (χ0n) is 9.64. The van der Waals surface area contributed by atoms with Gasteiger partial charge in [-0.2, -0.15) is 0 Å². The number of fused-ring (bicyclic) bond motifs is 2. The van der Waals surface area contributed by atoms with E-state index in [9.17, 15) is 9.50 Å². The third-order valence-corrected chi connectivity index (χ3v) is 3.98. The lowest BCUT2D eigenvalue weighted by Gasteiger charge is -2.39. The monoisotopic (exact) mass is 236 g/mol. The zero-order valence-corrected chi connectivity index (χ0v) is 9.64. The summed E-state index contributed by atoms with van der Waals surface area (Å²) in [4.78, 5) is 2.09. The predicted molar refractivity (Wildman–Crippen MR) is 65.3 cm³/mol. The Hall–Kier alpha value is -1.29. The number of halogens is 1. The van der Waals surface area contributed by atoms with Gasteiger partial charge in [-0.3, -0.25) is 0 Å². The highest BCUT2D eigenvalue weighted by Crippen LogP contribution is 2.42. The van der Waals surface area contributed by atoms with Crippen molar-refractivity contribution in [3.63, 3.8) is 0 Å². The smallest absolute Gasteiger partial charge is 0.148 e. The van der Waals surface area contributed by atoms with Gasteiger partial charge >= 0.3 is 0 Å². The van der Waals surface area contributed by atoms with Gasteiger partial charge < -0.3 is 15.7 Å². The standard InChI is InChI=1S/C13H17FN2O/c14-11-2-1-3-12(15)13(11)16-8-4-5-9(16)7-10(17)6-8/h1-3,8-10,17H,4-7,15H2. The molecule has 0 aliphatic carbocycles. The molecule has 0 aromatic heterocycles. The van der Waals surface area contributed by atoms with Gasteiger partial charge in [0, 0.05) is 12.1 Å². The van der Waals surface area contributed by atoms with E-state index in [0.29, 0.717) is 11.4 Å². The molecule has 2 aliphatic heterocycles. The number of anilines is 2. The summed E-state index contributed by atoms with van der Waals surface area (Å²) in [5.41, 5.74) is 6.93. The van der Waals surface area contributed by atoms with Gasteiger partial charge in [-0.15, -0.1) is 0 Å². The molecule has 0 radical (unpaired) electrons. The molecule has 2 fully saturated rings. The van der Waals surface area contributed by atoms with E-state index >= 15 is 0 Å². The molecule has 1 aromatic carbocycles. The number of hydrogen-bond acceptors (Lipinski definition) is 3. The average Bonchev–Trinajstić information content (AvgIpc) is 2.54. The Morgan fingerprint density at radius 3 is 2.47 bits per heavy atom. The lowest BCUT2D eigenvalue weighted by atomic mass is 9.98. The minimum atomic E-state index is -0.252. The van der Waals surface area contributed by atoms with Gasteiger partial charge in [0.15, 0.2) is 0 Å². The summed E-state index contributed by atoms with van der Waals surface area (Å²) in [5.74, 6) is -0.252. The molecule has 0 saturated carbocycles. The number of aliphatic hydroxyl groups excluding tert-OH is 1. The first-order valence-corrected chi connectivity index (χ1v) is 6.17. The van der Waals surface area contributed by atoms with Gasteiger partial charge in [-0.05, 0) is 37.8 Å². The summed E-state index contributed by atoms with van der Waals surface area (Å²) in [6.45, 7) is 0. The van der Waals surface area contributed by atoms with Crippen molar-refractivity contribution < 1.29 is 9.50 Å². The van der Waals surface area contributed by atoms with E-state index in [2.05, 4.69) is 4.90 Å². The molecule has 4 heteroatoms. The fraction of sp³-hybridized carbons (Fsp3) is 0.538. The zero-order chi connectivity index (χ0) is 12.0. The number of nitrogen functional groups attached to an aromatic ring is 1. The Labute approximate surface area is 100 Å². The van der Waals surface area contributed by atoms with Crippen molar-refractivity contribution >= 4 is 11.4 Å². The van der Waals surface area contributed by atoms with Gasteiger partial charge in [0.1, 0.15) is 5.82 Å². The molecule has 0 amide bonds. The summed E-state index contributed by atoms with van der Waals surface area (Å²) >= 11 is 0. The molecule has 0 spiro atoms. The van der Waals surface area contributed by atoms with Crippen molar-refractivity contribution in [1.82, 2.24) is 0 Å². The second-order valence-electron chi connectivity index (χ2n) is 5.10. The first-order valence-electron chi connectivity index (χ1n) is 6.17. The molecule has 2 atom stereocenters. The Kier molecular flexibility index (Phi) is 2.47. The van der Waals surface area contributed by atoms with E-state index in [4.69, 9.17) is 5.73 Å². The first-order chi connectivity index (χ1) is 8.16. The van der Waals surface area contributed by atoms with Gasteiger partial charge in [0.2, 0.25) is 0 Å². The number of para-hydroxylation sites is 1. The van der Waals surface area contributed by atoms with Crippen molar-refractivity contribution in [1.29, 1.82) is 0 Å². The highest BCUT2D eigenvalue weighted by molar-refractivity contribution is 5.69. The normalized spacial score (nSPS) is 31.9. The minimum Gasteiger partial charge on any atom is -0.397 e. The molecule has 2 saturated heterocycles. The van der Waals surface area contributed by atoms with Gasteiger partial charge in [-0.1, -0.05) is 6.07 Å². The fourth-order valence-electron chi connectivity index (χ4n) is 3.32. The maximum Gasteiger partial charge on any atom is 0.148 e. The fourth-order valence-corrected chi connectivity index (χ4v) is 3.32. The van der Waals surface area contributed by atoms with Crippen LogP contribution < -0.4 is 10.6 Å². The molecule has 3 rings (SSSR count). The van der Waals surface area contributed by atoms with Gasteiger partial charge in [0.25, 0.3) is 0 Å². The molecule has 2 bridgehead atoms. The van der Waals surface area contributed by atoms with Crippen LogP contribution in [0.2, 0.25) is 0 Å². The minimum absolute atomic E-state index is 0.239. The molecule has 2 unspecified atom stereocenters. The van der Waals surface area contributed by atoms with Crippen LogP contribution in [0, 0.1) is 5.82 Å². The molecule has 92 valence electrons. The molecule has 3 N–H and O–H groups in total. The molecule has 2 heterocycles. The lowest BCUT2D eigenvalue weighted by Crippen LogP contribution is -2.45. The van der Waals surface area contributed by atoms with Crippen molar-refractivity contribution in [3.05, 3.63) is 24.0 Å². The first kappa shape index (κ1) is 10.8. The van der Waals surface area contributed by atoms with Crippen molar-refractivity contribution in [2.24, 2.45) is 0 Å². The van der Waals surface area contributed by atoms with Crippen LogP contribution in [0.3, 0.4) is 0 Å². The molecular weight excluding hydrogens is 219 g/mol. The maximum absolute atomic E-state index is 13.9. The third-order valence-electron chi connectivity index (χ3n) is 3.98. The van der Waals surface area contributed by atoms with Crippen LogP contribution in [0.15, 0.2) is 18.2 Å². The van der Waals surface area contributed by atoms with Crippen LogP contribution in [0.4, 0.5) is 15.8 Å². The summed E-state index contributed by atoms with van der Waals surface area (Å²) in [5, 5.41) is 9.74. The summed E-state index contributed by atoms with van der Waals surface area (Å²) in [7, 11) is 0. The van der Waals surface area contributed by atoms with E-state index in [0.717, 1.165) is 25.7 Å². The quantitative estimate of drug-likeness (QED) is 0.732. The second-order valence-corrected chi connectivity index (χ2v) is 5.10. The summed E-state index contributed by atoms with van der Waals surface area (Å²) < 4.78 is 13.9. The summed E-state index contributed by atoms with van der Waals surface area (Å²) in [6.07, 6.45) is 3.26. The summed E-state index contributed by atoms with van der Waals surface area (Å²) in [6, 6.07) is 5.30. The van der Waals surface area contributed by atoms with Crippen molar-refractivity contribution in [2.75, 3.05) is 10.6 Å². The van der Waals surface area contributed by atoms with Crippen LogP contribution in [0.1, 0.15) is 25.7 Å². The SMILES string of the molecule is Nc1cccc(F)c1N1C2CCC1CC(O)C2. The number of aliphatic hydroxyl groups is 1. The van der Waals surface area contributed by atoms with E-state index in [1.807, 2.05) is 0 Å². The number of hydrogen-bond donors (Lipinski definition) is 2. The Balaban J connectivity index is 2.00. The van der Waals surface area contributed by atoms with E-state index in [1.165, 1.54) is 6.07 Å². The van der Waals surface area contributed by atoms with Gasteiger partial charge in [-0.25, -0.2) is 4.39 Å². The highest BCUT2D eigenvalue weighted by Gasteiger charge is 2.41. The molecule has 3 nitrogen and oxygen atoms in total. The van der Waals surface area contributed by atoms with Crippen LogP contribution in [-0.2, 0) is 0 Å². The maximum atomic E-state index is 13.9. The molecule has 1 aromatic rings. The predicted octanol–water partition coefficient (Wildman–Crippen LogP) is 1.90. The Morgan fingerprint density at radius 1 is 1.24 bits per heavy atom. The number of nitrogens with two attached hydrogens (primary N) is 1. The van der Waals surface area contributed by atoms with Crippen molar-refractivity contribution in [3.8, 4) is 0 Å². The number of piperidine rings is 1. The number of nitrogens with zero attached hydrogens (tertiary/aromatic N) is 1. The Morgan fingerprint density at radius 2 is 1.88 bits per heavy atom. The van der Waals surface area contributed by atoms with Gasteiger partial charge in [0.05, 0.1) is 17.5 Å². The Bertz CT molecular complexity index is 403. The van der Waals surface area contributed by atoms with E-state index in [-0.39, 0.29) is 24.0 Å². The largest absolute Gasteiger partial charge is 0.397 e. The second kappa shape index (κ2) is 3.88. The van der Waals surface area contributed by atoms with E-state index < -0.39 is 0 Å².